The summed E-state index contributed by atoms with van der Waals surface area (Å²) < 4.78 is 39.0. The fraction of sp³-hybridized carbons (Fsp3) is 0.711. The van der Waals surface area contributed by atoms with E-state index in [9.17, 15) is 28.9 Å². The molecule has 0 saturated heterocycles. The van der Waals surface area contributed by atoms with Crippen LogP contribution in [0.4, 0.5) is 0 Å². The monoisotopic (exact) mass is 835 g/mol. The standard InChI is InChI=1S/C45H74NO11P/c1-5-7-15-22-38(47)28-29-40-37(27-30-41(40)48)21-17-13-14-20-26-45(50)56-39(34-55-58(51,52)54-32-31-46)33-53-44(49)25-19-12-10-9-11-18-24-43-36(4)35(3)42(57-43)23-16-8-6-2/h13,17,27-30,37-40,47H,5-12,14-16,18-26,31-34,46H2,1-4H3,(H,51,52)/b17-13-,29-28+/t37-,38-,39+,40+/m0/s1. The van der Waals surface area contributed by atoms with Crippen molar-refractivity contribution in [2.75, 3.05) is 26.4 Å². The number of phosphoric ester groups is 1. The number of rotatable bonds is 34. The zero-order chi connectivity index (χ0) is 42.6. The van der Waals surface area contributed by atoms with Crippen molar-refractivity contribution >= 4 is 25.5 Å². The van der Waals surface area contributed by atoms with Crippen molar-refractivity contribution in [1.29, 1.82) is 0 Å². The van der Waals surface area contributed by atoms with Crippen LogP contribution in [0.15, 0.2) is 40.9 Å². The van der Waals surface area contributed by atoms with Gasteiger partial charge in [-0.15, -0.1) is 0 Å². The number of aliphatic hydroxyl groups excluding tert-OH is 1. The van der Waals surface area contributed by atoms with E-state index >= 15 is 0 Å². The lowest BCUT2D eigenvalue weighted by atomic mass is 9.90. The number of unbranched alkanes of at least 4 members (excludes halogenated alkanes) is 10. The summed E-state index contributed by atoms with van der Waals surface area (Å²) in [6, 6.07) is 0. The van der Waals surface area contributed by atoms with Gasteiger partial charge in [0.1, 0.15) is 18.1 Å². The van der Waals surface area contributed by atoms with E-state index in [4.69, 9.17) is 28.7 Å². The third kappa shape index (κ3) is 21.9. The summed E-state index contributed by atoms with van der Waals surface area (Å²) in [7, 11) is -4.45. The van der Waals surface area contributed by atoms with Gasteiger partial charge in [-0.05, 0) is 81.9 Å². The van der Waals surface area contributed by atoms with Crippen molar-refractivity contribution in [3.8, 4) is 0 Å². The lowest BCUT2D eigenvalue weighted by Gasteiger charge is -2.19. The maximum Gasteiger partial charge on any atom is 0.472 e. The molecule has 0 fully saturated rings. The van der Waals surface area contributed by atoms with Crippen LogP contribution in [0, 0.1) is 25.7 Å². The highest BCUT2D eigenvalue weighted by Crippen LogP contribution is 2.43. The number of hydrogen-bond acceptors (Lipinski definition) is 11. The van der Waals surface area contributed by atoms with E-state index in [1.807, 2.05) is 24.3 Å². The summed E-state index contributed by atoms with van der Waals surface area (Å²) in [5, 5.41) is 10.2. The van der Waals surface area contributed by atoms with Crippen molar-refractivity contribution in [3.05, 3.63) is 59.1 Å². The van der Waals surface area contributed by atoms with Crippen LogP contribution in [-0.4, -0.2) is 66.3 Å². The molecule has 13 heteroatoms. The molecule has 1 aliphatic rings. The molecular formula is C45H74NO11P. The Morgan fingerprint density at radius 3 is 2.19 bits per heavy atom. The topological polar surface area (TPSA) is 185 Å². The molecule has 58 heavy (non-hydrogen) atoms. The van der Waals surface area contributed by atoms with Gasteiger partial charge in [0.25, 0.3) is 0 Å². The number of aryl methyl sites for hydroxylation is 2. The highest BCUT2D eigenvalue weighted by molar-refractivity contribution is 7.47. The Morgan fingerprint density at radius 2 is 1.50 bits per heavy atom. The van der Waals surface area contributed by atoms with Crippen LogP contribution in [0.3, 0.4) is 0 Å². The van der Waals surface area contributed by atoms with E-state index in [-0.39, 0.29) is 50.2 Å². The zero-order valence-electron chi connectivity index (χ0n) is 35.8. The number of allylic oxidation sites excluding steroid dienone is 5. The smallest absolute Gasteiger partial charge is 0.466 e. The van der Waals surface area contributed by atoms with Crippen LogP contribution >= 0.6 is 7.82 Å². The van der Waals surface area contributed by atoms with Crippen molar-refractivity contribution in [2.45, 2.75) is 168 Å². The van der Waals surface area contributed by atoms with Crippen molar-refractivity contribution in [2.24, 2.45) is 17.6 Å². The number of hydrogen-bond donors (Lipinski definition) is 3. The Morgan fingerprint density at radius 1 is 0.862 bits per heavy atom. The van der Waals surface area contributed by atoms with Gasteiger partial charge < -0.3 is 29.6 Å². The molecule has 330 valence electrons. The number of phosphoric acid groups is 1. The van der Waals surface area contributed by atoms with Crippen LogP contribution < -0.4 is 5.73 Å². The molecule has 0 radical (unpaired) electrons. The van der Waals surface area contributed by atoms with E-state index < -0.39 is 38.6 Å². The largest absolute Gasteiger partial charge is 0.472 e. The number of ketones is 1. The van der Waals surface area contributed by atoms with Gasteiger partial charge in [-0.1, -0.05) is 102 Å². The first kappa shape index (κ1) is 51.3. The second-order valence-corrected chi connectivity index (χ2v) is 16.9. The number of nitrogens with two attached hydrogens (primary N) is 1. The summed E-state index contributed by atoms with van der Waals surface area (Å²) in [4.78, 5) is 47.6. The number of carbonyl (C=O) groups excluding carboxylic acids is 3. The summed E-state index contributed by atoms with van der Waals surface area (Å²) in [5.74, 6) is 0.989. The molecule has 1 unspecified atom stereocenters. The zero-order valence-corrected chi connectivity index (χ0v) is 36.7. The summed E-state index contributed by atoms with van der Waals surface area (Å²) in [5.41, 5.74) is 7.93. The van der Waals surface area contributed by atoms with Crippen LogP contribution in [0.5, 0.6) is 0 Å². The van der Waals surface area contributed by atoms with Gasteiger partial charge >= 0.3 is 19.8 Å². The number of carbonyl (C=O) groups is 3. The van der Waals surface area contributed by atoms with E-state index in [0.717, 1.165) is 82.1 Å². The first-order chi connectivity index (χ1) is 27.9. The van der Waals surface area contributed by atoms with Gasteiger partial charge in [0.05, 0.1) is 19.3 Å². The van der Waals surface area contributed by atoms with Crippen molar-refractivity contribution in [3.63, 3.8) is 0 Å². The van der Waals surface area contributed by atoms with Gasteiger partial charge in [-0.25, -0.2) is 4.57 Å². The minimum Gasteiger partial charge on any atom is -0.466 e. The van der Waals surface area contributed by atoms with E-state index in [0.29, 0.717) is 32.1 Å². The molecule has 2 rings (SSSR count). The van der Waals surface area contributed by atoms with Gasteiger partial charge in [-0.3, -0.25) is 23.4 Å². The molecule has 4 N–H and O–H groups in total. The second kappa shape index (κ2) is 30.2. The van der Waals surface area contributed by atoms with E-state index in [1.165, 1.54) is 24.0 Å². The average molecular weight is 836 g/mol. The Bertz CT molecular complexity index is 1470. The summed E-state index contributed by atoms with van der Waals surface area (Å²) in [6.45, 7) is 7.62. The molecule has 1 heterocycles. The predicted molar refractivity (Wildman–Crippen MR) is 227 cm³/mol. The average Bonchev–Trinajstić information content (AvgIpc) is 3.69. The lowest BCUT2D eigenvalue weighted by Crippen LogP contribution is -2.29. The van der Waals surface area contributed by atoms with Gasteiger partial charge in [-0.2, -0.15) is 0 Å². The minimum atomic E-state index is -4.45. The minimum absolute atomic E-state index is 0.0125. The normalized spacial score (nSPS) is 17.7. The number of esters is 2. The molecule has 0 aliphatic heterocycles. The quantitative estimate of drug-likeness (QED) is 0.0259. The van der Waals surface area contributed by atoms with Crippen molar-refractivity contribution in [1.82, 2.24) is 0 Å². The summed E-state index contributed by atoms with van der Waals surface area (Å²) in [6.07, 6.45) is 26.4. The molecule has 0 amide bonds. The maximum absolute atomic E-state index is 12.7. The Labute approximate surface area is 348 Å². The molecule has 0 bridgehead atoms. The first-order valence-electron chi connectivity index (χ1n) is 21.9. The lowest BCUT2D eigenvalue weighted by molar-refractivity contribution is -0.161. The molecular weight excluding hydrogens is 761 g/mol. The van der Waals surface area contributed by atoms with Crippen LogP contribution in [-0.2, 0) is 50.3 Å². The Hall–Kier alpha value is -2.86. The number of aliphatic hydroxyl groups is 1. The van der Waals surface area contributed by atoms with Gasteiger partial charge in [0.2, 0.25) is 0 Å². The molecule has 1 aromatic rings. The molecule has 1 aliphatic carbocycles. The third-order valence-electron chi connectivity index (χ3n) is 10.5. The second-order valence-electron chi connectivity index (χ2n) is 15.5. The molecule has 1 aromatic heterocycles. The fourth-order valence-electron chi connectivity index (χ4n) is 6.80. The number of furan rings is 1. The van der Waals surface area contributed by atoms with Crippen LogP contribution in [0.2, 0.25) is 0 Å². The Kier molecular flexibility index (Phi) is 26.7. The van der Waals surface area contributed by atoms with Crippen LogP contribution in [0.1, 0.15) is 152 Å². The maximum atomic E-state index is 12.7. The van der Waals surface area contributed by atoms with Gasteiger partial charge in [0.15, 0.2) is 11.9 Å². The highest BCUT2D eigenvalue weighted by atomic mass is 31.2. The fourth-order valence-corrected chi connectivity index (χ4v) is 7.57. The molecule has 0 aromatic carbocycles. The Balaban J connectivity index is 1.71. The highest BCUT2D eigenvalue weighted by Gasteiger charge is 2.28. The van der Waals surface area contributed by atoms with Crippen LogP contribution in [0.25, 0.3) is 0 Å². The molecule has 5 atom stereocenters. The van der Waals surface area contributed by atoms with Crippen molar-refractivity contribution < 1.29 is 51.9 Å². The molecule has 0 saturated carbocycles. The summed E-state index contributed by atoms with van der Waals surface area (Å²) >= 11 is 0. The molecule has 0 spiro atoms. The van der Waals surface area contributed by atoms with Gasteiger partial charge in [0, 0.05) is 38.1 Å². The number of ether oxygens (including phenoxy) is 2. The first-order valence-corrected chi connectivity index (χ1v) is 23.4. The van der Waals surface area contributed by atoms with E-state index in [2.05, 4.69) is 27.7 Å². The van der Waals surface area contributed by atoms with E-state index in [1.54, 1.807) is 12.2 Å². The molecule has 12 nitrogen and oxygen atoms in total. The SMILES string of the molecule is CCCCCc1oc(CCCCCCCCC(=O)OC[C@H](COP(=O)(O)OCCN)OC(=O)CCC/C=C\C[C@H]2C=CC(=O)[C@@H]2/C=C/[C@@H](O)CCCCC)c(C)c1C. The third-order valence-corrected chi connectivity index (χ3v) is 11.5. The predicted octanol–water partition coefficient (Wildman–Crippen LogP) is 9.43.